The molecule has 0 saturated heterocycles. The van der Waals surface area contributed by atoms with Gasteiger partial charge in [0.1, 0.15) is 0 Å². The number of hydrogen-bond donors (Lipinski definition) is 3. The van der Waals surface area contributed by atoms with Gasteiger partial charge in [0.15, 0.2) is 5.65 Å². The maximum Gasteiger partial charge on any atom is 0.347 e. The Morgan fingerprint density at radius 1 is 1.22 bits per heavy atom. The summed E-state index contributed by atoms with van der Waals surface area (Å²) in [4.78, 5) is 23.8. The molecule has 118 valence electrons. The summed E-state index contributed by atoms with van der Waals surface area (Å²) in [5, 5.41) is 8.96. The van der Waals surface area contributed by atoms with Crippen molar-refractivity contribution in [1.82, 2.24) is 14.6 Å². The number of hydrogen-bond acceptors (Lipinski definition) is 4. The van der Waals surface area contributed by atoms with Crippen molar-refractivity contribution >= 4 is 17.2 Å². The van der Waals surface area contributed by atoms with Gasteiger partial charge in [-0.25, -0.2) is 14.3 Å². The normalized spacial score (nSPS) is 10.8. The lowest BCUT2D eigenvalue weighted by molar-refractivity contribution is 0.102. The molecule has 3 rings (SSSR count). The molecule has 0 aliphatic heterocycles. The Morgan fingerprint density at radius 3 is 2.74 bits per heavy atom. The molecule has 0 bridgehead atoms. The van der Waals surface area contributed by atoms with Gasteiger partial charge in [-0.05, 0) is 49.2 Å². The SMILES string of the molecule is NCCCc1ccc(NC(=O)c2ccc3n[nH]c(=O)n3c2)cc1. The molecule has 2 heterocycles. The van der Waals surface area contributed by atoms with E-state index in [0.717, 1.165) is 12.8 Å². The van der Waals surface area contributed by atoms with E-state index >= 15 is 0 Å². The number of carbonyl (C=O) groups excluding carboxylic acids is 1. The fourth-order valence-corrected chi connectivity index (χ4v) is 2.30. The Kier molecular flexibility index (Phi) is 4.20. The van der Waals surface area contributed by atoms with E-state index < -0.39 is 0 Å². The zero-order valence-corrected chi connectivity index (χ0v) is 12.5. The van der Waals surface area contributed by atoms with Crippen molar-refractivity contribution in [3.8, 4) is 0 Å². The first-order valence-corrected chi connectivity index (χ1v) is 7.34. The molecule has 0 aliphatic carbocycles. The molecule has 1 amide bonds. The van der Waals surface area contributed by atoms with Gasteiger partial charge in [0.25, 0.3) is 5.91 Å². The van der Waals surface area contributed by atoms with Crippen LogP contribution in [0.4, 0.5) is 5.69 Å². The van der Waals surface area contributed by atoms with Gasteiger partial charge in [0.2, 0.25) is 0 Å². The third kappa shape index (κ3) is 3.29. The summed E-state index contributed by atoms with van der Waals surface area (Å²) in [5.74, 6) is -0.283. The number of fused-ring (bicyclic) bond motifs is 1. The fourth-order valence-electron chi connectivity index (χ4n) is 2.30. The molecule has 0 spiro atoms. The number of nitrogens with zero attached hydrogens (tertiary/aromatic N) is 2. The molecule has 23 heavy (non-hydrogen) atoms. The van der Waals surface area contributed by atoms with Crippen LogP contribution >= 0.6 is 0 Å². The second-order valence-electron chi connectivity index (χ2n) is 5.22. The summed E-state index contributed by atoms with van der Waals surface area (Å²) in [6.45, 7) is 0.661. The van der Waals surface area contributed by atoms with Crippen LogP contribution in [0.15, 0.2) is 47.4 Å². The highest BCUT2D eigenvalue weighted by Gasteiger charge is 2.09. The van der Waals surface area contributed by atoms with Crippen molar-refractivity contribution in [2.45, 2.75) is 12.8 Å². The number of amides is 1. The molecule has 1 aromatic carbocycles. The van der Waals surface area contributed by atoms with Crippen LogP contribution < -0.4 is 16.7 Å². The Morgan fingerprint density at radius 2 is 2.00 bits per heavy atom. The molecule has 0 unspecified atom stereocenters. The van der Waals surface area contributed by atoms with E-state index in [9.17, 15) is 9.59 Å². The van der Waals surface area contributed by atoms with E-state index in [4.69, 9.17) is 5.73 Å². The molecule has 3 aromatic rings. The van der Waals surface area contributed by atoms with E-state index in [1.807, 2.05) is 24.3 Å². The molecule has 7 nitrogen and oxygen atoms in total. The first-order valence-electron chi connectivity index (χ1n) is 7.34. The molecular formula is C16H17N5O2. The maximum atomic E-state index is 12.3. The lowest BCUT2D eigenvalue weighted by Crippen LogP contribution is -2.15. The fraction of sp³-hybridized carbons (Fsp3) is 0.188. The molecule has 0 atom stereocenters. The summed E-state index contributed by atoms with van der Waals surface area (Å²) >= 11 is 0. The number of aromatic amines is 1. The average Bonchev–Trinajstić information content (AvgIpc) is 2.95. The van der Waals surface area contributed by atoms with Gasteiger partial charge in [-0.3, -0.25) is 4.79 Å². The van der Waals surface area contributed by atoms with Gasteiger partial charge >= 0.3 is 5.69 Å². The zero-order valence-electron chi connectivity index (χ0n) is 12.5. The summed E-state index contributed by atoms with van der Waals surface area (Å²) in [5.41, 5.74) is 7.85. The minimum atomic E-state index is -0.376. The Balaban J connectivity index is 1.74. The van der Waals surface area contributed by atoms with Gasteiger partial charge in [0, 0.05) is 11.9 Å². The van der Waals surface area contributed by atoms with Crippen LogP contribution in [0.3, 0.4) is 0 Å². The summed E-state index contributed by atoms with van der Waals surface area (Å²) in [7, 11) is 0. The minimum Gasteiger partial charge on any atom is -0.330 e. The van der Waals surface area contributed by atoms with Crippen LogP contribution in [0.2, 0.25) is 0 Å². The van der Waals surface area contributed by atoms with Gasteiger partial charge in [0.05, 0.1) is 5.56 Å². The molecule has 4 N–H and O–H groups in total. The minimum absolute atomic E-state index is 0.283. The van der Waals surface area contributed by atoms with Gasteiger partial charge < -0.3 is 11.1 Å². The number of rotatable bonds is 5. The Labute approximate surface area is 132 Å². The van der Waals surface area contributed by atoms with Crippen LogP contribution in [0.5, 0.6) is 0 Å². The molecule has 0 radical (unpaired) electrons. The van der Waals surface area contributed by atoms with Crippen molar-refractivity contribution in [2.75, 3.05) is 11.9 Å². The Hall–Kier alpha value is -2.93. The molecule has 2 aromatic heterocycles. The number of aryl methyl sites for hydroxylation is 1. The van der Waals surface area contributed by atoms with Crippen molar-refractivity contribution in [3.63, 3.8) is 0 Å². The third-order valence-electron chi connectivity index (χ3n) is 3.56. The van der Waals surface area contributed by atoms with Crippen molar-refractivity contribution in [1.29, 1.82) is 0 Å². The molecule has 0 aliphatic rings. The average molecular weight is 311 g/mol. The number of benzene rings is 1. The zero-order chi connectivity index (χ0) is 16.2. The highest BCUT2D eigenvalue weighted by molar-refractivity contribution is 6.04. The van der Waals surface area contributed by atoms with Crippen molar-refractivity contribution in [3.05, 3.63) is 64.2 Å². The quantitative estimate of drug-likeness (QED) is 0.657. The van der Waals surface area contributed by atoms with Crippen LogP contribution in [0, 0.1) is 0 Å². The van der Waals surface area contributed by atoms with E-state index in [1.165, 1.54) is 16.2 Å². The van der Waals surface area contributed by atoms with E-state index in [1.54, 1.807) is 12.1 Å². The topological polar surface area (TPSA) is 105 Å². The van der Waals surface area contributed by atoms with Crippen LogP contribution in [-0.2, 0) is 6.42 Å². The standard InChI is InChI=1S/C16H17N5O2/c17-9-1-2-11-3-6-13(7-4-11)18-15(22)12-5-8-14-19-20-16(23)21(14)10-12/h3-8,10H,1-2,9,17H2,(H,18,22)(H,20,23). The predicted octanol–water partition coefficient (Wildman–Crippen LogP) is 1.17. The first-order chi connectivity index (χ1) is 11.2. The lowest BCUT2D eigenvalue weighted by atomic mass is 10.1. The second kappa shape index (κ2) is 6.45. The third-order valence-corrected chi connectivity index (χ3v) is 3.56. The highest BCUT2D eigenvalue weighted by Crippen LogP contribution is 2.12. The molecule has 7 heteroatoms. The number of nitrogens with one attached hydrogen (secondary N) is 2. The molecule has 0 fully saturated rings. The predicted molar refractivity (Wildman–Crippen MR) is 87.6 cm³/mol. The smallest absolute Gasteiger partial charge is 0.330 e. The van der Waals surface area contributed by atoms with E-state index in [2.05, 4.69) is 15.5 Å². The number of nitrogens with two attached hydrogens (primary N) is 1. The van der Waals surface area contributed by atoms with Gasteiger partial charge in [-0.15, -0.1) is 0 Å². The van der Waals surface area contributed by atoms with Crippen LogP contribution in [-0.4, -0.2) is 27.0 Å². The molecule has 0 saturated carbocycles. The summed E-state index contributed by atoms with van der Waals surface area (Å²) in [6.07, 6.45) is 3.32. The molecular weight excluding hydrogens is 294 g/mol. The van der Waals surface area contributed by atoms with E-state index in [0.29, 0.717) is 23.4 Å². The number of H-pyrrole nitrogens is 1. The number of carbonyl (C=O) groups is 1. The number of pyridine rings is 1. The van der Waals surface area contributed by atoms with Crippen LogP contribution in [0.1, 0.15) is 22.3 Å². The van der Waals surface area contributed by atoms with E-state index in [-0.39, 0.29) is 11.6 Å². The second-order valence-corrected chi connectivity index (χ2v) is 5.22. The maximum absolute atomic E-state index is 12.3. The van der Waals surface area contributed by atoms with Crippen LogP contribution in [0.25, 0.3) is 5.65 Å². The highest BCUT2D eigenvalue weighted by atomic mass is 16.2. The summed E-state index contributed by atoms with van der Waals surface area (Å²) in [6, 6.07) is 10.9. The van der Waals surface area contributed by atoms with Gasteiger partial charge in [-0.2, -0.15) is 5.10 Å². The Bertz CT molecular complexity index is 879. The van der Waals surface area contributed by atoms with Gasteiger partial charge in [-0.1, -0.05) is 12.1 Å². The lowest BCUT2D eigenvalue weighted by Gasteiger charge is -2.07. The van der Waals surface area contributed by atoms with Crippen molar-refractivity contribution < 1.29 is 4.79 Å². The summed E-state index contributed by atoms with van der Waals surface area (Å²) < 4.78 is 1.30. The largest absolute Gasteiger partial charge is 0.347 e. The first kappa shape index (κ1) is 15.0. The number of anilines is 1. The number of aromatic nitrogens is 3. The van der Waals surface area contributed by atoms with Crippen molar-refractivity contribution in [2.24, 2.45) is 5.73 Å². The monoisotopic (exact) mass is 311 g/mol.